The van der Waals surface area contributed by atoms with E-state index in [4.69, 9.17) is 20.1 Å². The maximum atomic E-state index is 5.46. The van der Waals surface area contributed by atoms with Gasteiger partial charge in [-0.2, -0.15) is 9.97 Å². The Morgan fingerprint density at radius 1 is 1.41 bits per heavy atom. The van der Waals surface area contributed by atoms with Crippen molar-refractivity contribution in [2.75, 3.05) is 32.4 Å². The lowest BCUT2D eigenvalue weighted by atomic mass is 10.1. The average molecular weight is 241 g/mol. The first-order valence-electron chi connectivity index (χ1n) is 5.29. The highest BCUT2D eigenvalue weighted by atomic mass is 16.5. The van der Waals surface area contributed by atoms with E-state index >= 15 is 0 Å². The fourth-order valence-electron chi connectivity index (χ4n) is 1.47. The molecule has 0 saturated carbocycles. The van der Waals surface area contributed by atoms with Crippen molar-refractivity contribution in [3.8, 4) is 12.0 Å². The quantitative estimate of drug-likeness (QED) is 0.529. The molecule has 1 atom stereocenters. The molecular weight excluding hydrogens is 226 g/mol. The second kappa shape index (κ2) is 5.60. The predicted octanol–water partition coefficient (Wildman–Crippen LogP) is -0.419. The molecule has 17 heavy (non-hydrogen) atoms. The van der Waals surface area contributed by atoms with Crippen molar-refractivity contribution in [2.45, 2.75) is 6.42 Å². The SMILES string of the molecule is COc1nc(NN)nc(OCC2CCOC2)n1. The van der Waals surface area contributed by atoms with Gasteiger partial charge < -0.3 is 14.2 Å². The van der Waals surface area contributed by atoms with Gasteiger partial charge in [0.15, 0.2) is 0 Å². The molecule has 1 aliphatic rings. The van der Waals surface area contributed by atoms with Gasteiger partial charge in [-0.1, -0.05) is 0 Å². The van der Waals surface area contributed by atoms with Gasteiger partial charge in [0.25, 0.3) is 0 Å². The molecule has 0 amide bonds. The Morgan fingerprint density at radius 2 is 2.24 bits per heavy atom. The van der Waals surface area contributed by atoms with Crippen molar-refractivity contribution >= 4 is 5.95 Å². The van der Waals surface area contributed by atoms with Gasteiger partial charge in [-0.3, -0.25) is 5.43 Å². The van der Waals surface area contributed by atoms with Gasteiger partial charge in [0.05, 0.1) is 20.3 Å². The van der Waals surface area contributed by atoms with Crippen molar-refractivity contribution in [2.24, 2.45) is 11.8 Å². The van der Waals surface area contributed by atoms with E-state index < -0.39 is 0 Å². The smallest absolute Gasteiger partial charge is 0.324 e. The number of methoxy groups -OCH3 is 1. The van der Waals surface area contributed by atoms with Crippen molar-refractivity contribution in [3.63, 3.8) is 0 Å². The number of nitrogen functional groups attached to an aromatic ring is 1. The molecule has 1 aromatic heterocycles. The van der Waals surface area contributed by atoms with Crippen LogP contribution in [0.3, 0.4) is 0 Å². The van der Waals surface area contributed by atoms with Crippen LogP contribution in [0, 0.1) is 5.92 Å². The molecule has 2 heterocycles. The van der Waals surface area contributed by atoms with Crippen molar-refractivity contribution in [1.29, 1.82) is 0 Å². The van der Waals surface area contributed by atoms with Gasteiger partial charge in [-0.15, -0.1) is 4.98 Å². The maximum absolute atomic E-state index is 5.46. The molecule has 1 unspecified atom stereocenters. The zero-order valence-corrected chi connectivity index (χ0v) is 9.55. The second-order valence-corrected chi connectivity index (χ2v) is 3.61. The Hall–Kier alpha value is -1.67. The summed E-state index contributed by atoms with van der Waals surface area (Å²) < 4.78 is 15.6. The third kappa shape index (κ3) is 3.14. The van der Waals surface area contributed by atoms with Gasteiger partial charge in [0, 0.05) is 12.5 Å². The molecule has 94 valence electrons. The largest absolute Gasteiger partial charge is 0.467 e. The van der Waals surface area contributed by atoms with Crippen LogP contribution < -0.4 is 20.7 Å². The zero-order valence-electron chi connectivity index (χ0n) is 9.55. The van der Waals surface area contributed by atoms with E-state index in [0.29, 0.717) is 19.1 Å². The summed E-state index contributed by atoms with van der Waals surface area (Å²) in [7, 11) is 1.46. The molecule has 1 fully saturated rings. The van der Waals surface area contributed by atoms with Crippen molar-refractivity contribution < 1.29 is 14.2 Å². The van der Waals surface area contributed by atoms with E-state index in [-0.39, 0.29) is 18.0 Å². The summed E-state index contributed by atoms with van der Waals surface area (Å²) in [6.07, 6.45) is 0.990. The lowest BCUT2D eigenvalue weighted by Crippen LogP contribution is -2.16. The summed E-state index contributed by atoms with van der Waals surface area (Å²) in [5.74, 6) is 5.81. The number of ether oxygens (including phenoxy) is 3. The minimum absolute atomic E-state index is 0.158. The first-order valence-corrected chi connectivity index (χ1v) is 5.29. The highest BCUT2D eigenvalue weighted by molar-refractivity contribution is 5.25. The first-order chi connectivity index (χ1) is 8.31. The summed E-state index contributed by atoms with van der Waals surface area (Å²) in [4.78, 5) is 11.8. The zero-order chi connectivity index (χ0) is 12.1. The Labute approximate surface area is 98.5 Å². The van der Waals surface area contributed by atoms with Crippen LogP contribution in [0.2, 0.25) is 0 Å². The fraction of sp³-hybridized carbons (Fsp3) is 0.667. The monoisotopic (exact) mass is 241 g/mol. The third-order valence-corrected chi connectivity index (χ3v) is 2.38. The van der Waals surface area contributed by atoms with Gasteiger partial charge >= 0.3 is 12.0 Å². The number of aromatic nitrogens is 3. The predicted molar refractivity (Wildman–Crippen MR) is 58.6 cm³/mol. The van der Waals surface area contributed by atoms with Crippen LogP contribution in [-0.4, -0.2) is 41.9 Å². The molecule has 0 aromatic carbocycles. The van der Waals surface area contributed by atoms with Gasteiger partial charge in [-0.25, -0.2) is 5.84 Å². The number of nitrogens with zero attached hydrogens (tertiary/aromatic N) is 3. The molecule has 8 nitrogen and oxygen atoms in total. The lowest BCUT2D eigenvalue weighted by molar-refractivity contribution is 0.163. The number of hydrogen-bond donors (Lipinski definition) is 2. The van der Waals surface area contributed by atoms with Gasteiger partial charge in [0.1, 0.15) is 0 Å². The van der Waals surface area contributed by atoms with Crippen LogP contribution in [0.5, 0.6) is 12.0 Å². The van der Waals surface area contributed by atoms with E-state index in [1.54, 1.807) is 0 Å². The van der Waals surface area contributed by atoms with Crippen LogP contribution in [0.25, 0.3) is 0 Å². The Bertz CT molecular complexity index is 347. The Balaban J connectivity index is 1.98. The minimum Gasteiger partial charge on any atom is -0.467 e. The molecule has 1 aromatic rings. The van der Waals surface area contributed by atoms with E-state index in [0.717, 1.165) is 13.0 Å². The van der Waals surface area contributed by atoms with Crippen LogP contribution in [0.4, 0.5) is 5.95 Å². The van der Waals surface area contributed by atoms with E-state index in [2.05, 4.69) is 20.4 Å². The summed E-state index contributed by atoms with van der Waals surface area (Å²) in [6, 6.07) is 0.349. The summed E-state index contributed by atoms with van der Waals surface area (Å²) in [5, 5.41) is 0. The number of nitrogens with two attached hydrogens (primary N) is 1. The molecule has 1 aliphatic heterocycles. The highest BCUT2D eigenvalue weighted by Gasteiger charge is 2.17. The van der Waals surface area contributed by atoms with Crippen molar-refractivity contribution in [1.82, 2.24) is 15.0 Å². The number of rotatable bonds is 5. The molecule has 1 saturated heterocycles. The molecule has 0 radical (unpaired) electrons. The van der Waals surface area contributed by atoms with E-state index in [9.17, 15) is 0 Å². The molecular formula is C9H15N5O3. The van der Waals surface area contributed by atoms with Gasteiger partial charge in [-0.05, 0) is 6.42 Å². The van der Waals surface area contributed by atoms with Gasteiger partial charge in [0.2, 0.25) is 5.95 Å². The lowest BCUT2D eigenvalue weighted by Gasteiger charge is -2.09. The average Bonchev–Trinajstić information content (AvgIpc) is 2.89. The van der Waals surface area contributed by atoms with E-state index in [1.807, 2.05) is 0 Å². The van der Waals surface area contributed by atoms with Crippen LogP contribution in [0.15, 0.2) is 0 Å². The molecule has 0 bridgehead atoms. The Kier molecular flexibility index (Phi) is 3.89. The normalized spacial score (nSPS) is 19.1. The van der Waals surface area contributed by atoms with Crippen LogP contribution >= 0.6 is 0 Å². The standard InChI is InChI=1S/C9H15N5O3/c1-15-8-11-7(14-10)12-9(13-8)17-5-6-2-3-16-4-6/h6H,2-5,10H2,1H3,(H,11,12,13,14). The molecule has 0 spiro atoms. The molecule has 0 aliphatic carbocycles. The Morgan fingerprint density at radius 3 is 2.88 bits per heavy atom. The minimum atomic E-state index is 0.158. The maximum Gasteiger partial charge on any atom is 0.324 e. The highest BCUT2D eigenvalue weighted by Crippen LogP contribution is 2.16. The van der Waals surface area contributed by atoms with Crippen molar-refractivity contribution in [3.05, 3.63) is 0 Å². The first kappa shape index (κ1) is 11.8. The second-order valence-electron chi connectivity index (χ2n) is 3.61. The number of hydrazine groups is 1. The molecule has 8 heteroatoms. The molecule has 2 rings (SSSR count). The fourth-order valence-corrected chi connectivity index (χ4v) is 1.47. The molecule has 3 N–H and O–H groups in total. The summed E-state index contributed by atoms with van der Waals surface area (Å²) >= 11 is 0. The number of anilines is 1. The third-order valence-electron chi connectivity index (χ3n) is 2.38. The number of nitrogens with one attached hydrogen (secondary N) is 1. The summed E-state index contributed by atoms with van der Waals surface area (Å²) in [6.45, 7) is 2.01. The van der Waals surface area contributed by atoms with Crippen LogP contribution in [-0.2, 0) is 4.74 Å². The van der Waals surface area contributed by atoms with Crippen LogP contribution in [0.1, 0.15) is 6.42 Å². The number of hydrogen-bond acceptors (Lipinski definition) is 8. The summed E-state index contributed by atoms with van der Waals surface area (Å²) in [5.41, 5.74) is 2.32. The topological polar surface area (TPSA) is 104 Å². The van der Waals surface area contributed by atoms with E-state index in [1.165, 1.54) is 7.11 Å².